The van der Waals surface area contributed by atoms with Crippen LogP contribution in [0, 0.1) is 0 Å². The second kappa shape index (κ2) is 4.81. The molecule has 0 fully saturated rings. The van der Waals surface area contributed by atoms with Gasteiger partial charge in [0, 0.05) is 5.39 Å². The van der Waals surface area contributed by atoms with Crippen molar-refractivity contribution in [2.75, 3.05) is 12.8 Å². The molecule has 0 spiro atoms. The molecule has 0 bridgehead atoms. The van der Waals surface area contributed by atoms with Crippen LogP contribution in [0.1, 0.15) is 0 Å². The molecule has 18 heavy (non-hydrogen) atoms. The minimum atomic E-state index is -4.40. The minimum absolute atomic E-state index is 0. The Hall–Kier alpha value is -1.83. The lowest BCUT2D eigenvalue weighted by Crippen LogP contribution is -2.05. The quantitative estimate of drug-likeness (QED) is 0.564. The van der Waals surface area contributed by atoms with Crippen LogP contribution in [0.4, 0.5) is 5.69 Å². The zero-order valence-corrected chi connectivity index (χ0v) is 10.6. The van der Waals surface area contributed by atoms with Crippen molar-refractivity contribution < 1.29 is 17.7 Å². The van der Waals surface area contributed by atoms with E-state index in [1.54, 1.807) is 30.3 Å². The second-order valence-electron chi connectivity index (χ2n) is 3.52. The maximum Gasteiger partial charge on any atom is 0.298 e. The molecule has 2 aromatic rings. The first kappa shape index (κ1) is 14.2. The number of hydrogen-bond donors (Lipinski definition) is 3. The van der Waals surface area contributed by atoms with E-state index in [-0.39, 0.29) is 22.5 Å². The predicted octanol–water partition coefficient (Wildman–Crippen LogP) is 1.84. The van der Waals surface area contributed by atoms with Crippen molar-refractivity contribution in [3.63, 3.8) is 0 Å². The van der Waals surface area contributed by atoms with Crippen LogP contribution in [0.25, 0.3) is 10.8 Å². The predicted molar refractivity (Wildman–Crippen MR) is 69.7 cm³/mol. The van der Waals surface area contributed by atoms with Gasteiger partial charge in [0.2, 0.25) is 0 Å². The zero-order chi connectivity index (χ0) is 12.6. The third-order valence-electron chi connectivity index (χ3n) is 2.45. The number of anilines is 1. The average Bonchev–Trinajstić information content (AvgIpc) is 2.25. The van der Waals surface area contributed by atoms with E-state index in [0.717, 1.165) is 0 Å². The largest absolute Gasteiger partial charge is 0.493 e. The highest BCUT2D eigenvalue weighted by atomic mass is 32.2. The van der Waals surface area contributed by atoms with Gasteiger partial charge in [0.15, 0.2) is 5.75 Å². The van der Waals surface area contributed by atoms with Gasteiger partial charge in [-0.3, -0.25) is 4.55 Å². The van der Waals surface area contributed by atoms with Gasteiger partial charge >= 0.3 is 0 Å². The van der Waals surface area contributed by atoms with Crippen molar-refractivity contribution in [2.24, 2.45) is 0 Å². The number of ether oxygens (including phenoxy) is 1. The summed E-state index contributed by atoms with van der Waals surface area (Å²) in [6, 6.07) is 8.32. The van der Waals surface area contributed by atoms with Gasteiger partial charge in [-0.05, 0) is 11.5 Å². The highest BCUT2D eigenvalue weighted by molar-refractivity contribution is 7.86. The molecular formula is C11H14N2O4S. The summed E-state index contributed by atoms with van der Waals surface area (Å²) >= 11 is 0. The third-order valence-corrected chi connectivity index (χ3v) is 3.37. The lowest BCUT2D eigenvalue weighted by atomic mass is 10.1. The molecule has 6 nitrogen and oxygen atoms in total. The van der Waals surface area contributed by atoms with Crippen molar-refractivity contribution in [1.29, 1.82) is 0 Å². The Morgan fingerprint density at radius 2 is 1.89 bits per heavy atom. The molecule has 7 heteroatoms. The number of methoxy groups -OCH3 is 1. The number of nitrogen functional groups attached to an aromatic ring is 1. The van der Waals surface area contributed by atoms with Crippen LogP contribution >= 0.6 is 0 Å². The van der Waals surface area contributed by atoms with Gasteiger partial charge in [0.25, 0.3) is 10.1 Å². The molecule has 0 aliphatic carbocycles. The van der Waals surface area contributed by atoms with E-state index in [9.17, 15) is 13.0 Å². The summed E-state index contributed by atoms with van der Waals surface area (Å²) in [7, 11) is -3.10. The van der Waals surface area contributed by atoms with E-state index in [1.807, 2.05) is 0 Å². The number of nitrogens with two attached hydrogens (primary N) is 1. The van der Waals surface area contributed by atoms with Crippen molar-refractivity contribution in [3.05, 3.63) is 30.3 Å². The molecule has 0 saturated carbocycles. The summed E-state index contributed by atoms with van der Waals surface area (Å²) < 4.78 is 37.0. The van der Waals surface area contributed by atoms with Gasteiger partial charge in [-0.25, -0.2) is 0 Å². The topological polar surface area (TPSA) is 125 Å². The Kier molecular flexibility index (Phi) is 3.80. The molecule has 0 saturated heterocycles. The van der Waals surface area contributed by atoms with Crippen LogP contribution in [0.5, 0.6) is 5.75 Å². The van der Waals surface area contributed by atoms with Crippen LogP contribution in [0.15, 0.2) is 35.2 Å². The maximum atomic E-state index is 11.4. The summed E-state index contributed by atoms with van der Waals surface area (Å²) in [5.41, 5.74) is 5.86. The monoisotopic (exact) mass is 270 g/mol. The number of hydrogen-bond acceptors (Lipinski definition) is 5. The minimum Gasteiger partial charge on any atom is -0.493 e. The van der Waals surface area contributed by atoms with E-state index < -0.39 is 10.1 Å². The van der Waals surface area contributed by atoms with Gasteiger partial charge < -0.3 is 16.6 Å². The molecule has 0 aliphatic heterocycles. The first-order valence-electron chi connectivity index (χ1n) is 4.78. The highest BCUT2D eigenvalue weighted by Gasteiger charge is 2.22. The van der Waals surface area contributed by atoms with E-state index in [2.05, 4.69) is 0 Å². The molecule has 98 valence electrons. The smallest absolute Gasteiger partial charge is 0.298 e. The van der Waals surface area contributed by atoms with E-state index in [1.165, 1.54) is 7.11 Å². The molecule has 2 rings (SSSR count). The van der Waals surface area contributed by atoms with Crippen LogP contribution in [0.3, 0.4) is 0 Å². The third kappa shape index (κ3) is 2.23. The first-order chi connectivity index (χ1) is 7.95. The van der Waals surface area contributed by atoms with Crippen molar-refractivity contribution in [3.8, 4) is 5.75 Å². The molecule has 6 N–H and O–H groups in total. The summed E-state index contributed by atoms with van der Waals surface area (Å²) in [5, 5.41) is 1.000. The molecule has 0 radical (unpaired) electrons. The fraction of sp³-hybridized carbons (Fsp3) is 0.0909. The van der Waals surface area contributed by atoms with Gasteiger partial charge in [-0.1, -0.05) is 24.3 Å². The Morgan fingerprint density at radius 3 is 2.44 bits per heavy atom. The molecule has 0 amide bonds. The van der Waals surface area contributed by atoms with Crippen molar-refractivity contribution in [2.45, 2.75) is 4.90 Å². The van der Waals surface area contributed by atoms with Gasteiger partial charge in [0.1, 0.15) is 4.90 Å². The highest BCUT2D eigenvalue weighted by Crippen LogP contribution is 2.36. The van der Waals surface area contributed by atoms with Crippen LogP contribution in [0.2, 0.25) is 0 Å². The molecule has 0 unspecified atom stereocenters. The SMILES string of the molecule is COc1c(N)cc2ccccc2c1S(=O)(=O)O.N. The van der Waals surface area contributed by atoms with Gasteiger partial charge in [0.05, 0.1) is 12.8 Å². The van der Waals surface area contributed by atoms with E-state index in [0.29, 0.717) is 10.8 Å². The van der Waals surface area contributed by atoms with Crippen molar-refractivity contribution >= 4 is 26.6 Å². The van der Waals surface area contributed by atoms with Gasteiger partial charge in [-0.15, -0.1) is 0 Å². The summed E-state index contributed by atoms with van der Waals surface area (Å²) in [4.78, 5) is -0.296. The summed E-state index contributed by atoms with van der Waals surface area (Å²) in [5.74, 6) is -0.0359. The first-order valence-corrected chi connectivity index (χ1v) is 6.22. The lowest BCUT2D eigenvalue weighted by molar-refractivity contribution is 0.401. The Balaban J connectivity index is 0.00000162. The molecule has 0 aromatic heterocycles. The standard InChI is InChI=1S/C11H11NO4S.H3N/c1-16-10-9(12)6-7-4-2-3-5-8(7)11(10)17(13,14)15;/h2-6H,12H2,1H3,(H,13,14,15);1H3. The number of fused-ring (bicyclic) bond motifs is 1. The number of rotatable bonds is 2. The summed E-state index contributed by atoms with van der Waals surface area (Å²) in [6.45, 7) is 0. The Bertz CT molecular complexity index is 683. The van der Waals surface area contributed by atoms with Crippen LogP contribution < -0.4 is 16.6 Å². The van der Waals surface area contributed by atoms with Crippen molar-refractivity contribution in [1.82, 2.24) is 6.15 Å². The second-order valence-corrected chi connectivity index (χ2v) is 4.88. The zero-order valence-electron chi connectivity index (χ0n) is 9.75. The Labute approximate surface area is 105 Å². The average molecular weight is 270 g/mol. The van der Waals surface area contributed by atoms with E-state index in [4.69, 9.17) is 10.5 Å². The number of benzene rings is 2. The Morgan fingerprint density at radius 1 is 1.28 bits per heavy atom. The molecule has 0 aliphatic rings. The van der Waals surface area contributed by atoms with Crippen LogP contribution in [-0.2, 0) is 10.1 Å². The molecule has 2 aromatic carbocycles. The molecular weight excluding hydrogens is 256 g/mol. The maximum absolute atomic E-state index is 11.4. The fourth-order valence-corrected chi connectivity index (χ4v) is 2.68. The fourth-order valence-electron chi connectivity index (χ4n) is 1.78. The summed E-state index contributed by atoms with van der Waals surface area (Å²) in [6.07, 6.45) is 0. The van der Waals surface area contributed by atoms with Gasteiger partial charge in [-0.2, -0.15) is 8.42 Å². The normalized spacial score (nSPS) is 11.0. The van der Waals surface area contributed by atoms with E-state index >= 15 is 0 Å². The lowest BCUT2D eigenvalue weighted by Gasteiger charge is -2.12. The van der Waals surface area contributed by atoms with Crippen LogP contribution in [-0.4, -0.2) is 20.1 Å². The molecule has 0 atom stereocenters. The molecule has 0 heterocycles.